The van der Waals surface area contributed by atoms with Gasteiger partial charge in [-0.1, -0.05) is 13.8 Å². The van der Waals surface area contributed by atoms with Crippen LogP contribution >= 0.6 is 0 Å². The van der Waals surface area contributed by atoms with Gasteiger partial charge in [0.2, 0.25) is 15.9 Å². The Morgan fingerprint density at radius 1 is 1.24 bits per heavy atom. The fourth-order valence-corrected chi connectivity index (χ4v) is 4.66. The highest BCUT2D eigenvalue weighted by atomic mass is 32.2. The van der Waals surface area contributed by atoms with Crippen molar-refractivity contribution in [2.45, 2.75) is 32.7 Å². The molecule has 2 aromatic rings. The lowest BCUT2D eigenvalue weighted by Crippen LogP contribution is -2.42. The van der Waals surface area contributed by atoms with Crippen LogP contribution in [0.2, 0.25) is 0 Å². The number of piperidine rings is 1. The monoisotopic (exact) mass is 428 g/mol. The van der Waals surface area contributed by atoms with Crippen LogP contribution in [0.5, 0.6) is 0 Å². The second-order valence-electron chi connectivity index (χ2n) is 7.95. The van der Waals surface area contributed by atoms with Crippen molar-refractivity contribution in [3.63, 3.8) is 0 Å². The van der Waals surface area contributed by atoms with E-state index >= 15 is 0 Å². The molecule has 0 bridgehead atoms. The van der Waals surface area contributed by atoms with Gasteiger partial charge in [-0.2, -0.15) is 0 Å². The number of nitrogens with one attached hydrogen (secondary N) is 1. The number of sulfonamides is 1. The highest BCUT2D eigenvalue weighted by molar-refractivity contribution is 7.88. The number of hydrogen-bond donors (Lipinski definition) is 1. The number of nitrogens with zero attached hydrogens (tertiary/aromatic N) is 3. The Hall–Kier alpha value is -2.07. The van der Waals surface area contributed by atoms with Crippen molar-refractivity contribution in [2.24, 2.45) is 11.8 Å². The van der Waals surface area contributed by atoms with Crippen LogP contribution in [-0.4, -0.2) is 54.1 Å². The van der Waals surface area contributed by atoms with Crippen LogP contribution < -0.4 is 5.32 Å². The van der Waals surface area contributed by atoms with Gasteiger partial charge in [-0.15, -0.1) is 0 Å². The molecule has 3 rings (SSSR count). The summed E-state index contributed by atoms with van der Waals surface area (Å²) in [6.07, 6.45) is 3.99. The normalized spacial score (nSPS) is 17.7. The van der Waals surface area contributed by atoms with E-state index in [9.17, 15) is 22.0 Å². The summed E-state index contributed by atoms with van der Waals surface area (Å²) in [4.78, 5) is 17.0. The molecular formula is C19H26F2N4O3S. The predicted octanol–water partition coefficient (Wildman–Crippen LogP) is 2.30. The highest BCUT2D eigenvalue weighted by Crippen LogP contribution is 2.26. The van der Waals surface area contributed by atoms with E-state index in [-0.39, 0.29) is 23.3 Å². The van der Waals surface area contributed by atoms with Crippen molar-refractivity contribution in [3.8, 4) is 0 Å². The van der Waals surface area contributed by atoms with Crippen molar-refractivity contribution in [1.82, 2.24) is 19.2 Å². The number of imidazole rings is 1. The van der Waals surface area contributed by atoms with Gasteiger partial charge >= 0.3 is 0 Å². The molecule has 1 aliphatic heterocycles. The summed E-state index contributed by atoms with van der Waals surface area (Å²) in [5.41, 5.74) is 0.648. The molecule has 1 saturated heterocycles. The first kappa shape index (κ1) is 21.6. The molecule has 1 aromatic heterocycles. The van der Waals surface area contributed by atoms with Crippen molar-refractivity contribution < 1.29 is 22.0 Å². The largest absolute Gasteiger partial charge is 0.354 e. The minimum atomic E-state index is -3.18. The topological polar surface area (TPSA) is 84.3 Å². The molecule has 1 N–H and O–H groups in total. The van der Waals surface area contributed by atoms with Gasteiger partial charge in [0.05, 0.1) is 23.6 Å². The number of fused-ring (bicyclic) bond motifs is 1. The van der Waals surface area contributed by atoms with Crippen molar-refractivity contribution >= 4 is 27.0 Å². The second-order valence-corrected chi connectivity index (χ2v) is 9.93. The maximum atomic E-state index is 13.7. The molecule has 0 radical (unpaired) electrons. The third kappa shape index (κ3) is 4.75. The first-order chi connectivity index (χ1) is 13.6. The summed E-state index contributed by atoms with van der Waals surface area (Å²) in [5, 5.41) is 2.94. The van der Waals surface area contributed by atoms with Gasteiger partial charge in [0.25, 0.3) is 0 Å². The lowest BCUT2D eigenvalue weighted by molar-refractivity contribution is -0.125. The highest BCUT2D eigenvalue weighted by Gasteiger charge is 2.29. The smallest absolute Gasteiger partial charge is 0.243 e. The Bertz CT molecular complexity index is 998. The number of carbonyl (C=O) groups excluding carboxylic acids is 1. The van der Waals surface area contributed by atoms with Crippen LogP contribution in [0.3, 0.4) is 0 Å². The molecule has 0 saturated carbocycles. The van der Waals surface area contributed by atoms with E-state index in [1.54, 1.807) is 4.57 Å². The fraction of sp³-hybridized carbons (Fsp3) is 0.579. The molecule has 10 heteroatoms. The molecule has 0 aliphatic carbocycles. The number of benzene rings is 1. The van der Waals surface area contributed by atoms with Crippen molar-refractivity contribution in [2.75, 3.05) is 25.9 Å². The van der Waals surface area contributed by atoms with Crippen molar-refractivity contribution in [1.29, 1.82) is 0 Å². The van der Waals surface area contributed by atoms with E-state index in [0.29, 0.717) is 38.0 Å². The summed E-state index contributed by atoms with van der Waals surface area (Å²) in [7, 11) is -3.18. The van der Waals surface area contributed by atoms with Gasteiger partial charge in [0, 0.05) is 31.8 Å². The minimum absolute atomic E-state index is 0.104. The second kappa shape index (κ2) is 8.35. The van der Waals surface area contributed by atoms with Crippen LogP contribution in [0.1, 0.15) is 32.7 Å². The zero-order valence-corrected chi connectivity index (χ0v) is 17.5. The first-order valence-electron chi connectivity index (χ1n) is 9.62. The van der Waals surface area contributed by atoms with Gasteiger partial charge in [-0.25, -0.2) is 26.5 Å². The van der Waals surface area contributed by atoms with Gasteiger partial charge in [0.1, 0.15) is 6.04 Å². The Kier molecular flexibility index (Phi) is 6.23. The lowest BCUT2D eigenvalue weighted by Gasteiger charge is -2.31. The zero-order chi connectivity index (χ0) is 21.3. The number of amides is 1. The number of halogens is 2. The fourth-order valence-electron chi connectivity index (χ4n) is 3.79. The Balaban J connectivity index is 1.69. The standard InChI is InChI=1S/C19H26F2N4O3S/c1-12(2)18(25-11-23-16-8-14(20)15(21)9-17(16)25)19(26)22-10-13-4-6-24(7-5-13)29(3,27)28/h8-9,11-13,18H,4-7,10H2,1-3H3,(H,22,26). The van der Waals surface area contributed by atoms with E-state index in [2.05, 4.69) is 10.3 Å². The average molecular weight is 429 g/mol. The summed E-state index contributed by atoms with van der Waals surface area (Å²) in [5.74, 6) is -2.11. The van der Waals surface area contributed by atoms with Gasteiger partial charge < -0.3 is 9.88 Å². The number of carbonyl (C=O) groups is 1. The summed E-state index contributed by atoms with van der Waals surface area (Å²) >= 11 is 0. The predicted molar refractivity (Wildman–Crippen MR) is 106 cm³/mol. The maximum Gasteiger partial charge on any atom is 0.243 e. The summed E-state index contributed by atoms with van der Waals surface area (Å²) < 4.78 is 53.4. The van der Waals surface area contributed by atoms with Crippen LogP contribution in [-0.2, 0) is 14.8 Å². The molecule has 2 heterocycles. The molecular weight excluding hydrogens is 402 g/mol. The van der Waals surface area contributed by atoms with E-state index < -0.39 is 27.7 Å². The summed E-state index contributed by atoms with van der Waals surface area (Å²) in [6, 6.07) is 1.45. The van der Waals surface area contributed by atoms with Gasteiger partial charge in [-0.05, 0) is 24.7 Å². The summed E-state index contributed by atoms with van der Waals surface area (Å²) in [6.45, 7) is 5.09. The third-order valence-electron chi connectivity index (χ3n) is 5.42. The van der Waals surface area contributed by atoms with E-state index in [0.717, 1.165) is 12.1 Å². The Labute approximate surface area is 169 Å². The minimum Gasteiger partial charge on any atom is -0.354 e. The van der Waals surface area contributed by atoms with Crippen LogP contribution in [0.15, 0.2) is 18.5 Å². The SMILES string of the molecule is CC(C)C(C(=O)NCC1CCN(S(C)(=O)=O)CC1)n1cnc2cc(F)c(F)cc21. The molecule has 1 atom stereocenters. The lowest BCUT2D eigenvalue weighted by atomic mass is 9.97. The quantitative estimate of drug-likeness (QED) is 0.765. The van der Waals surface area contributed by atoms with Crippen molar-refractivity contribution in [3.05, 3.63) is 30.1 Å². The first-order valence-corrected chi connectivity index (χ1v) is 11.5. The molecule has 0 spiro atoms. The third-order valence-corrected chi connectivity index (χ3v) is 6.73. The van der Waals surface area contributed by atoms with Crippen LogP contribution in [0.25, 0.3) is 11.0 Å². The molecule has 1 aliphatic rings. The molecule has 1 amide bonds. The van der Waals surface area contributed by atoms with E-state index in [1.165, 1.54) is 16.9 Å². The average Bonchev–Trinajstić information content (AvgIpc) is 3.02. The Morgan fingerprint density at radius 3 is 2.45 bits per heavy atom. The van der Waals surface area contributed by atoms with E-state index in [1.807, 2.05) is 13.8 Å². The molecule has 29 heavy (non-hydrogen) atoms. The number of rotatable bonds is 6. The molecule has 1 fully saturated rings. The van der Waals surface area contributed by atoms with Gasteiger partial charge in [-0.3, -0.25) is 4.79 Å². The molecule has 160 valence electrons. The van der Waals surface area contributed by atoms with Crippen LogP contribution in [0.4, 0.5) is 8.78 Å². The zero-order valence-electron chi connectivity index (χ0n) is 16.7. The number of hydrogen-bond acceptors (Lipinski definition) is 4. The van der Waals surface area contributed by atoms with Gasteiger partial charge in [0.15, 0.2) is 11.6 Å². The van der Waals surface area contributed by atoms with Crippen LogP contribution in [0, 0.1) is 23.5 Å². The molecule has 1 aromatic carbocycles. The number of aromatic nitrogens is 2. The molecule has 1 unspecified atom stereocenters. The molecule has 7 nitrogen and oxygen atoms in total. The maximum absolute atomic E-state index is 13.7. The Morgan fingerprint density at radius 2 is 1.86 bits per heavy atom. The van der Waals surface area contributed by atoms with E-state index in [4.69, 9.17) is 0 Å².